The van der Waals surface area contributed by atoms with E-state index in [9.17, 15) is 4.79 Å². The summed E-state index contributed by atoms with van der Waals surface area (Å²) >= 11 is 9.59. The zero-order valence-corrected chi connectivity index (χ0v) is 17.8. The Morgan fingerprint density at radius 2 is 1.72 bits per heavy atom. The highest BCUT2D eigenvalue weighted by molar-refractivity contribution is 9.10. The standard InChI is InChI=1S/C22H16BrClN4O/c1-14-18(24)8-5-9-19(14)25-22(29)20-26-21(15-6-3-2-4-7-15)28(27-20)17-12-10-16(23)11-13-17/h2-13H,1H3,(H,25,29). The van der Waals surface area contributed by atoms with Crippen molar-refractivity contribution in [3.63, 3.8) is 0 Å². The van der Waals surface area contributed by atoms with Crippen LogP contribution in [0.2, 0.25) is 5.02 Å². The lowest BCUT2D eigenvalue weighted by Gasteiger charge is -2.07. The van der Waals surface area contributed by atoms with Crippen molar-refractivity contribution in [2.45, 2.75) is 6.92 Å². The van der Waals surface area contributed by atoms with Crippen LogP contribution in [0.1, 0.15) is 16.2 Å². The maximum Gasteiger partial charge on any atom is 0.295 e. The fourth-order valence-electron chi connectivity index (χ4n) is 2.87. The quantitative estimate of drug-likeness (QED) is 0.406. The first-order valence-corrected chi connectivity index (χ1v) is 10.0. The molecule has 3 aromatic carbocycles. The largest absolute Gasteiger partial charge is 0.319 e. The number of anilines is 1. The van der Waals surface area contributed by atoms with Gasteiger partial charge in [-0.1, -0.05) is 63.9 Å². The van der Waals surface area contributed by atoms with Crippen molar-refractivity contribution < 1.29 is 4.79 Å². The lowest BCUT2D eigenvalue weighted by Crippen LogP contribution is -2.15. The van der Waals surface area contributed by atoms with Crippen LogP contribution >= 0.6 is 27.5 Å². The third kappa shape index (κ3) is 4.09. The highest BCUT2D eigenvalue weighted by Crippen LogP contribution is 2.25. The molecule has 7 heteroatoms. The van der Waals surface area contributed by atoms with Crippen molar-refractivity contribution in [1.82, 2.24) is 14.8 Å². The number of carbonyl (C=O) groups excluding carboxylic acids is 1. The topological polar surface area (TPSA) is 59.8 Å². The van der Waals surface area contributed by atoms with E-state index in [2.05, 4.69) is 31.3 Å². The van der Waals surface area contributed by atoms with E-state index in [-0.39, 0.29) is 5.82 Å². The molecule has 0 spiro atoms. The average molecular weight is 468 g/mol. The maximum absolute atomic E-state index is 12.9. The first-order chi connectivity index (χ1) is 14.0. The van der Waals surface area contributed by atoms with E-state index < -0.39 is 5.91 Å². The Balaban J connectivity index is 1.75. The monoisotopic (exact) mass is 466 g/mol. The van der Waals surface area contributed by atoms with E-state index >= 15 is 0 Å². The van der Waals surface area contributed by atoms with E-state index in [1.807, 2.05) is 61.5 Å². The summed E-state index contributed by atoms with van der Waals surface area (Å²) in [6, 6.07) is 22.7. The molecular formula is C22H16BrClN4O. The molecule has 0 saturated heterocycles. The van der Waals surface area contributed by atoms with E-state index in [0.717, 1.165) is 21.3 Å². The SMILES string of the molecule is Cc1c(Cl)cccc1NC(=O)c1nc(-c2ccccc2)n(-c2ccc(Br)cc2)n1. The van der Waals surface area contributed by atoms with Crippen LogP contribution in [0.5, 0.6) is 0 Å². The molecule has 0 fully saturated rings. The number of nitrogens with one attached hydrogen (secondary N) is 1. The van der Waals surface area contributed by atoms with Gasteiger partial charge in [0.05, 0.1) is 5.69 Å². The minimum atomic E-state index is -0.400. The first-order valence-electron chi connectivity index (χ1n) is 8.88. The summed E-state index contributed by atoms with van der Waals surface area (Å²) in [4.78, 5) is 17.4. The Labute approximate surface area is 181 Å². The van der Waals surface area contributed by atoms with Gasteiger partial charge in [0.25, 0.3) is 5.91 Å². The number of hydrogen-bond acceptors (Lipinski definition) is 3. The van der Waals surface area contributed by atoms with Gasteiger partial charge in [0.1, 0.15) is 0 Å². The molecule has 144 valence electrons. The molecule has 1 N–H and O–H groups in total. The van der Waals surface area contributed by atoms with Gasteiger partial charge >= 0.3 is 0 Å². The van der Waals surface area contributed by atoms with Crippen molar-refractivity contribution in [3.05, 3.63) is 93.7 Å². The Bertz CT molecular complexity index is 1170. The Morgan fingerprint density at radius 1 is 1.00 bits per heavy atom. The van der Waals surface area contributed by atoms with Gasteiger partial charge in [0.15, 0.2) is 5.82 Å². The van der Waals surface area contributed by atoms with Crippen LogP contribution in [-0.4, -0.2) is 20.7 Å². The third-order valence-corrected chi connectivity index (χ3v) is 5.37. The van der Waals surface area contributed by atoms with Crippen LogP contribution in [0.4, 0.5) is 5.69 Å². The molecule has 29 heavy (non-hydrogen) atoms. The maximum atomic E-state index is 12.9. The number of nitrogens with zero attached hydrogens (tertiary/aromatic N) is 3. The molecule has 1 amide bonds. The van der Waals surface area contributed by atoms with Crippen LogP contribution in [0.15, 0.2) is 77.3 Å². The van der Waals surface area contributed by atoms with Crippen LogP contribution in [0.3, 0.4) is 0 Å². The zero-order chi connectivity index (χ0) is 20.4. The molecule has 1 heterocycles. The van der Waals surface area contributed by atoms with E-state index in [0.29, 0.717) is 16.5 Å². The molecule has 5 nitrogen and oxygen atoms in total. The lowest BCUT2D eigenvalue weighted by atomic mass is 10.2. The summed E-state index contributed by atoms with van der Waals surface area (Å²) in [5.41, 5.74) is 3.08. The van der Waals surface area contributed by atoms with Crippen molar-refractivity contribution in [2.75, 3.05) is 5.32 Å². The number of aromatic nitrogens is 3. The normalized spacial score (nSPS) is 10.7. The van der Waals surface area contributed by atoms with Crippen LogP contribution in [-0.2, 0) is 0 Å². The Morgan fingerprint density at radius 3 is 2.45 bits per heavy atom. The lowest BCUT2D eigenvalue weighted by molar-refractivity contribution is 0.101. The molecule has 0 aliphatic heterocycles. The minimum Gasteiger partial charge on any atom is -0.319 e. The molecule has 0 atom stereocenters. The summed E-state index contributed by atoms with van der Waals surface area (Å²) < 4.78 is 2.62. The van der Waals surface area contributed by atoms with Crippen molar-refractivity contribution in [1.29, 1.82) is 0 Å². The Kier molecular flexibility index (Phi) is 5.47. The molecule has 0 aliphatic rings. The molecule has 4 aromatic rings. The number of amides is 1. The predicted octanol–water partition coefficient (Wildman–Crippen LogP) is 5.91. The highest BCUT2D eigenvalue weighted by Gasteiger charge is 2.19. The van der Waals surface area contributed by atoms with Crippen LogP contribution in [0, 0.1) is 6.92 Å². The molecule has 1 aromatic heterocycles. The summed E-state index contributed by atoms with van der Waals surface area (Å²) in [5, 5.41) is 7.91. The highest BCUT2D eigenvalue weighted by atomic mass is 79.9. The van der Waals surface area contributed by atoms with Gasteiger partial charge in [0, 0.05) is 20.7 Å². The number of benzene rings is 3. The molecule has 0 aliphatic carbocycles. The van der Waals surface area contributed by atoms with Crippen LogP contribution in [0.25, 0.3) is 17.1 Å². The third-order valence-electron chi connectivity index (χ3n) is 4.43. The van der Waals surface area contributed by atoms with Gasteiger partial charge < -0.3 is 5.32 Å². The van der Waals surface area contributed by atoms with Gasteiger partial charge in [-0.25, -0.2) is 9.67 Å². The van der Waals surface area contributed by atoms with E-state index in [1.54, 1.807) is 22.9 Å². The molecule has 0 radical (unpaired) electrons. The van der Waals surface area contributed by atoms with Crippen molar-refractivity contribution >= 4 is 39.1 Å². The fraction of sp³-hybridized carbons (Fsp3) is 0.0455. The predicted molar refractivity (Wildman–Crippen MR) is 119 cm³/mol. The van der Waals surface area contributed by atoms with Crippen molar-refractivity contribution in [3.8, 4) is 17.1 Å². The first kappa shape index (κ1) is 19.4. The second-order valence-electron chi connectivity index (χ2n) is 6.38. The van der Waals surface area contributed by atoms with Crippen LogP contribution < -0.4 is 5.32 Å². The summed E-state index contributed by atoms with van der Waals surface area (Å²) in [5.74, 6) is 0.260. The molecular weight excluding hydrogens is 452 g/mol. The second-order valence-corrected chi connectivity index (χ2v) is 7.70. The zero-order valence-electron chi connectivity index (χ0n) is 15.4. The van der Waals surface area contributed by atoms with Gasteiger partial charge in [-0.05, 0) is 48.9 Å². The number of rotatable bonds is 4. The van der Waals surface area contributed by atoms with Gasteiger partial charge in [0.2, 0.25) is 5.82 Å². The fourth-order valence-corrected chi connectivity index (χ4v) is 3.30. The van der Waals surface area contributed by atoms with E-state index in [4.69, 9.17) is 11.6 Å². The number of carbonyl (C=O) groups is 1. The molecule has 4 rings (SSSR count). The number of halogens is 2. The van der Waals surface area contributed by atoms with Gasteiger partial charge in [-0.2, -0.15) is 0 Å². The van der Waals surface area contributed by atoms with E-state index in [1.165, 1.54) is 0 Å². The molecule has 0 saturated carbocycles. The molecule has 0 unspecified atom stereocenters. The minimum absolute atomic E-state index is 0.0751. The Hall–Kier alpha value is -2.96. The summed E-state index contributed by atoms with van der Waals surface area (Å²) in [6.45, 7) is 1.85. The van der Waals surface area contributed by atoms with Gasteiger partial charge in [-0.15, -0.1) is 5.10 Å². The van der Waals surface area contributed by atoms with Crippen molar-refractivity contribution in [2.24, 2.45) is 0 Å². The number of hydrogen-bond donors (Lipinski definition) is 1. The summed E-state index contributed by atoms with van der Waals surface area (Å²) in [7, 11) is 0. The smallest absolute Gasteiger partial charge is 0.295 e. The second kappa shape index (κ2) is 8.19. The average Bonchev–Trinajstić information content (AvgIpc) is 3.18. The van der Waals surface area contributed by atoms with Gasteiger partial charge in [-0.3, -0.25) is 4.79 Å². The summed E-state index contributed by atoms with van der Waals surface area (Å²) in [6.07, 6.45) is 0. The molecule has 0 bridgehead atoms.